The minimum atomic E-state index is 0.739. The van der Waals surface area contributed by atoms with E-state index in [9.17, 15) is 0 Å². The molecule has 3 rings (SSSR count). The van der Waals surface area contributed by atoms with Crippen LogP contribution >= 0.6 is 0 Å². The third-order valence-electron chi connectivity index (χ3n) is 9.47. The second-order valence-corrected chi connectivity index (χ2v) is 12.5. The van der Waals surface area contributed by atoms with Gasteiger partial charge in [0.15, 0.2) is 0 Å². The van der Waals surface area contributed by atoms with Gasteiger partial charge in [0.05, 0.1) is 13.2 Å². The van der Waals surface area contributed by atoms with Gasteiger partial charge in [-0.2, -0.15) is 0 Å². The molecule has 0 aromatic heterocycles. The molecular weight excluding hydrogens is 452 g/mol. The Morgan fingerprint density at radius 1 is 0.541 bits per heavy atom. The van der Waals surface area contributed by atoms with Crippen LogP contribution in [0.5, 0.6) is 11.5 Å². The molecule has 1 aromatic rings. The van der Waals surface area contributed by atoms with Crippen LogP contribution in [0.4, 0.5) is 0 Å². The molecule has 0 radical (unpaired) electrons. The topological polar surface area (TPSA) is 18.5 Å². The molecule has 2 unspecified atom stereocenters. The molecule has 0 N–H and O–H groups in total. The highest BCUT2D eigenvalue weighted by Gasteiger charge is 2.24. The van der Waals surface area contributed by atoms with E-state index in [1.807, 2.05) is 0 Å². The van der Waals surface area contributed by atoms with Gasteiger partial charge in [-0.1, -0.05) is 123 Å². The van der Waals surface area contributed by atoms with E-state index < -0.39 is 0 Å². The zero-order valence-electron chi connectivity index (χ0n) is 24.7. The summed E-state index contributed by atoms with van der Waals surface area (Å²) in [5.74, 6) is 5.63. The van der Waals surface area contributed by atoms with E-state index in [2.05, 4.69) is 38.1 Å². The number of hydrogen-bond donors (Lipinski definition) is 0. The lowest BCUT2D eigenvalue weighted by Crippen LogP contribution is -2.20. The fourth-order valence-corrected chi connectivity index (χ4v) is 6.98. The van der Waals surface area contributed by atoms with Gasteiger partial charge >= 0.3 is 0 Å². The van der Waals surface area contributed by atoms with E-state index in [0.717, 1.165) is 48.4 Å². The number of benzene rings is 1. The summed E-state index contributed by atoms with van der Waals surface area (Å²) < 4.78 is 12.3. The molecule has 2 aliphatic rings. The molecule has 212 valence electrons. The van der Waals surface area contributed by atoms with Crippen LogP contribution in [-0.2, 0) is 0 Å². The van der Waals surface area contributed by atoms with Crippen LogP contribution in [0.3, 0.4) is 0 Å². The summed E-state index contributed by atoms with van der Waals surface area (Å²) in [5, 5.41) is 0. The van der Waals surface area contributed by atoms with Crippen molar-refractivity contribution in [1.82, 2.24) is 0 Å². The Morgan fingerprint density at radius 2 is 1.05 bits per heavy atom. The molecule has 0 amide bonds. The first-order valence-corrected chi connectivity index (χ1v) is 16.6. The average Bonchev–Trinajstić information content (AvgIpc) is 2.94. The molecule has 2 fully saturated rings. The molecule has 0 heterocycles. The maximum Gasteiger partial charge on any atom is 0.119 e. The Hall–Kier alpha value is -1.18. The molecule has 37 heavy (non-hydrogen) atoms. The minimum Gasteiger partial charge on any atom is -0.494 e. The summed E-state index contributed by atoms with van der Waals surface area (Å²) in [6, 6.07) is 8.40. The maximum absolute atomic E-state index is 6.16. The lowest BCUT2D eigenvalue weighted by Gasteiger charge is -2.32. The van der Waals surface area contributed by atoms with Crippen LogP contribution in [0.15, 0.2) is 24.3 Å². The first-order chi connectivity index (χ1) is 18.3. The number of ether oxygens (including phenoxy) is 2. The lowest BCUT2D eigenvalue weighted by atomic mass is 9.74. The molecule has 0 saturated heterocycles. The van der Waals surface area contributed by atoms with E-state index in [1.165, 1.54) is 135 Å². The van der Waals surface area contributed by atoms with Crippen molar-refractivity contribution in [3.63, 3.8) is 0 Å². The zero-order valence-corrected chi connectivity index (χ0v) is 24.7. The van der Waals surface area contributed by atoms with Gasteiger partial charge in [0.1, 0.15) is 11.5 Å². The Kier molecular flexibility index (Phi) is 15.6. The Balaban J connectivity index is 1.25. The predicted molar refractivity (Wildman–Crippen MR) is 160 cm³/mol. The van der Waals surface area contributed by atoms with E-state index in [-0.39, 0.29) is 0 Å². The van der Waals surface area contributed by atoms with Gasteiger partial charge in [-0.25, -0.2) is 0 Å². The average molecular weight is 513 g/mol. The van der Waals surface area contributed by atoms with Gasteiger partial charge in [0, 0.05) is 0 Å². The molecule has 2 saturated carbocycles. The van der Waals surface area contributed by atoms with Crippen LogP contribution in [-0.4, -0.2) is 13.2 Å². The summed E-state index contributed by atoms with van der Waals surface area (Å²) in [4.78, 5) is 0. The molecule has 2 nitrogen and oxygen atoms in total. The normalized spacial score (nSPS) is 24.2. The molecule has 0 aliphatic heterocycles. The van der Waals surface area contributed by atoms with Gasteiger partial charge < -0.3 is 9.47 Å². The monoisotopic (exact) mass is 512 g/mol. The van der Waals surface area contributed by atoms with E-state index in [4.69, 9.17) is 9.47 Å². The lowest BCUT2D eigenvalue weighted by molar-refractivity contribution is 0.177. The summed E-state index contributed by atoms with van der Waals surface area (Å²) in [5.41, 5.74) is 0. The highest BCUT2D eigenvalue weighted by molar-refractivity contribution is 5.31. The van der Waals surface area contributed by atoms with E-state index in [1.54, 1.807) is 0 Å². The Bertz CT molecular complexity index is 660. The summed E-state index contributed by atoms with van der Waals surface area (Å²) in [6.45, 7) is 6.34. The van der Waals surface area contributed by atoms with Gasteiger partial charge in [-0.3, -0.25) is 0 Å². The van der Waals surface area contributed by atoms with Crippen LogP contribution < -0.4 is 9.47 Å². The molecule has 2 aliphatic carbocycles. The Labute approximate surface area is 230 Å². The fraction of sp³-hybridized carbons (Fsp3) is 0.829. The van der Waals surface area contributed by atoms with Crippen molar-refractivity contribution in [3.05, 3.63) is 24.3 Å². The maximum atomic E-state index is 6.16. The molecule has 0 bridgehead atoms. The third kappa shape index (κ3) is 12.5. The van der Waals surface area contributed by atoms with Gasteiger partial charge in [-0.15, -0.1) is 0 Å². The SMILES string of the molecule is CCCCCCCC1CCCCC1CCCOc1ccc(OCC2CCC(CCCCCC)CC2)cc1. The van der Waals surface area contributed by atoms with Crippen molar-refractivity contribution in [2.24, 2.45) is 23.7 Å². The number of hydrogen-bond acceptors (Lipinski definition) is 2. The molecule has 0 spiro atoms. The fourth-order valence-electron chi connectivity index (χ4n) is 6.98. The van der Waals surface area contributed by atoms with Crippen LogP contribution in [0.1, 0.15) is 149 Å². The predicted octanol–water partition coefficient (Wildman–Crippen LogP) is 11.2. The van der Waals surface area contributed by atoms with Crippen molar-refractivity contribution in [3.8, 4) is 11.5 Å². The van der Waals surface area contributed by atoms with Gasteiger partial charge in [0.25, 0.3) is 0 Å². The third-order valence-corrected chi connectivity index (χ3v) is 9.47. The van der Waals surface area contributed by atoms with Crippen molar-refractivity contribution >= 4 is 0 Å². The number of unbranched alkanes of at least 4 members (excludes halogenated alkanes) is 7. The molecule has 2 heteroatoms. The van der Waals surface area contributed by atoms with E-state index >= 15 is 0 Å². The highest BCUT2D eigenvalue weighted by Crippen LogP contribution is 2.37. The molecule has 1 aromatic carbocycles. The van der Waals surface area contributed by atoms with Crippen molar-refractivity contribution in [2.45, 2.75) is 149 Å². The van der Waals surface area contributed by atoms with Crippen molar-refractivity contribution in [2.75, 3.05) is 13.2 Å². The highest BCUT2D eigenvalue weighted by atomic mass is 16.5. The Morgan fingerprint density at radius 3 is 1.70 bits per heavy atom. The van der Waals surface area contributed by atoms with Crippen LogP contribution in [0, 0.1) is 23.7 Å². The van der Waals surface area contributed by atoms with Crippen molar-refractivity contribution in [1.29, 1.82) is 0 Å². The zero-order chi connectivity index (χ0) is 26.0. The van der Waals surface area contributed by atoms with Crippen LogP contribution in [0.2, 0.25) is 0 Å². The standard InChI is InChI=1S/C35H60O2/c1-3-5-7-9-11-16-32-17-12-13-18-33(32)19-14-28-36-34-24-26-35(27-25-34)37-29-31-22-20-30(21-23-31)15-10-8-6-4-2/h24-27,30-33H,3-23,28-29H2,1-2H3. The van der Waals surface area contributed by atoms with Crippen molar-refractivity contribution < 1.29 is 9.47 Å². The van der Waals surface area contributed by atoms with Crippen LogP contribution in [0.25, 0.3) is 0 Å². The summed E-state index contributed by atoms with van der Waals surface area (Å²) in [6.07, 6.45) is 29.5. The first-order valence-electron chi connectivity index (χ1n) is 16.6. The summed E-state index contributed by atoms with van der Waals surface area (Å²) in [7, 11) is 0. The first kappa shape index (κ1) is 30.4. The quantitative estimate of drug-likeness (QED) is 0.172. The smallest absolute Gasteiger partial charge is 0.119 e. The largest absolute Gasteiger partial charge is 0.494 e. The summed E-state index contributed by atoms with van der Waals surface area (Å²) >= 11 is 0. The molecular formula is C35H60O2. The van der Waals surface area contributed by atoms with Gasteiger partial charge in [0.2, 0.25) is 0 Å². The number of rotatable bonds is 19. The van der Waals surface area contributed by atoms with E-state index in [0.29, 0.717) is 0 Å². The second-order valence-electron chi connectivity index (χ2n) is 12.5. The van der Waals surface area contributed by atoms with Gasteiger partial charge in [-0.05, 0) is 73.6 Å². The second kappa shape index (κ2) is 19.0. The minimum absolute atomic E-state index is 0.739. The molecule has 2 atom stereocenters.